The van der Waals surface area contributed by atoms with Crippen LogP contribution < -0.4 is 0 Å². The van der Waals surface area contributed by atoms with Crippen molar-refractivity contribution >= 4 is 22.1 Å². The van der Waals surface area contributed by atoms with Gasteiger partial charge < -0.3 is 0 Å². The summed E-state index contributed by atoms with van der Waals surface area (Å²) in [4.78, 5) is 0. The maximum absolute atomic E-state index is 13.7. The van der Waals surface area contributed by atoms with Gasteiger partial charge in [0.2, 0.25) is 0 Å². The Bertz CT molecular complexity index is 783. The van der Waals surface area contributed by atoms with Crippen LogP contribution in [0.4, 0.5) is 4.39 Å². The lowest BCUT2D eigenvalue weighted by molar-refractivity contribution is 0.625. The molecule has 0 fully saturated rings. The Kier molecular flexibility index (Phi) is 3.87. The van der Waals surface area contributed by atoms with Gasteiger partial charge >= 0.3 is 0 Å². The summed E-state index contributed by atoms with van der Waals surface area (Å²) in [6.45, 7) is 0. The molecule has 0 unspecified atom stereocenters. The molecule has 0 spiro atoms. The van der Waals surface area contributed by atoms with E-state index in [1.807, 2.05) is 30.3 Å². The predicted octanol–water partition coefficient (Wildman–Crippen LogP) is 3.73. The number of rotatable bonds is 3. The molecule has 0 aliphatic heterocycles. The van der Waals surface area contributed by atoms with Crippen LogP contribution in [0.15, 0.2) is 64.4 Å². The van der Waals surface area contributed by atoms with Gasteiger partial charge in [-0.2, -0.15) is 9.78 Å². The molecule has 0 aliphatic carbocycles. The van der Waals surface area contributed by atoms with Crippen LogP contribution in [0, 0.1) is 5.82 Å². The van der Waals surface area contributed by atoms with Gasteiger partial charge in [-0.1, -0.05) is 46.3 Å². The Morgan fingerprint density at radius 2 is 1.95 bits per heavy atom. The molecule has 0 aliphatic rings. The molecule has 0 saturated heterocycles. The van der Waals surface area contributed by atoms with Gasteiger partial charge in [0.1, 0.15) is 12.1 Å². The molecular weight excluding hydrogens is 335 g/mol. The minimum atomic E-state index is -0.337. The zero-order valence-electron chi connectivity index (χ0n) is 10.8. The fraction of sp³-hybridized carbons (Fsp3) is 0. The van der Waals surface area contributed by atoms with Crippen molar-refractivity contribution in [1.29, 1.82) is 0 Å². The average molecular weight is 345 g/mol. The lowest BCUT2D eigenvalue weighted by Gasteiger charge is -2.01. The van der Waals surface area contributed by atoms with Crippen LogP contribution >= 0.6 is 15.9 Å². The Balaban J connectivity index is 1.94. The maximum Gasteiger partial charge on any atom is 0.184 e. The second-order valence-corrected chi connectivity index (χ2v) is 5.19. The van der Waals surface area contributed by atoms with E-state index in [1.165, 1.54) is 23.3 Å². The fourth-order valence-electron chi connectivity index (χ4n) is 1.83. The first-order valence-corrected chi connectivity index (χ1v) is 6.98. The molecule has 3 aromatic rings. The zero-order chi connectivity index (χ0) is 14.7. The summed E-state index contributed by atoms with van der Waals surface area (Å²) in [5.74, 6) is 0.263. The van der Waals surface area contributed by atoms with E-state index < -0.39 is 0 Å². The number of hydrogen-bond acceptors (Lipinski definition) is 3. The molecule has 4 nitrogen and oxygen atoms in total. The van der Waals surface area contributed by atoms with E-state index in [4.69, 9.17) is 0 Å². The van der Waals surface area contributed by atoms with E-state index >= 15 is 0 Å². The van der Waals surface area contributed by atoms with Crippen molar-refractivity contribution in [2.45, 2.75) is 0 Å². The molecule has 3 rings (SSSR count). The molecular formula is C15H10BrFN4. The topological polar surface area (TPSA) is 43.1 Å². The Labute approximate surface area is 129 Å². The highest BCUT2D eigenvalue weighted by atomic mass is 79.9. The predicted molar refractivity (Wildman–Crippen MR) is 82.5 cm³/mol. The Morgan fingerprint density at radius 1 is 1.14 bits per heavy atom. The molecule has 0 amide bonds. The number of hydrogen-bond donors (Lipinski definition) is 0. The van der Waals surface area contributed by atoms with Crippen LogP contribution in [0.25, 0.3) is 11.4 Å². The highest BCUT2D eigenvalue weighted by Crippen LogP contribution is 2.16. The maximum atomic E-state index is 13.7. The Hall–Kier alpha value is -2.34. The minimum absolute atomic E-state index is 0.337. The van der Waals surface area contributed by atoms with E-state index in [-0.39, 0.29) is 5.82 Å². The first-order valence-electron chi connectivity index (χ1n) is 6.19. The highest BCUT2D eigenvalue weighted by Gasteiger charge is 2.06. The van der Waals surface area contributed by atoms with E-state index in [1.54, 1.807) is 12.1 Å². The van der Waals surface area contributed by atoms with Gasteiger partial charge in [-0.15, -0.1) is 10.2 Å². The van der Waals surface area contributed by atoms with E-state index in [0.29, 0.717) is 11.4 Å². The van der Waals surface area contributed by atoms with Crippen molar-refractivity contribution in [2.75, 3.05) is 0 Å². The van der Waals surface area contributed by atoms with Gasteiger partial charge in [0, 0.05) is 15.6 Å². The van der Waals surface area contributed by atoms with Crippen LogP contribution in [0.5, 0.6) is 0 Å². The molecule has 0 radical (unpaired) electrons. The van der Waals surface area contributed by atoms with Crippen LogP contribution in [0.2, 0.25) is 0 Å². The summed E-state index contributed by atoms with van der Waals surface area (Å²) >= 11 is 3.31. The summed E-state index contributed by atoms with van der Waals surface area (Å²) in [6, 6.07) is 14.2. The van der Waals surface area contributed by atoms with Crippen molar-refractivity contribution in [1.82, 2.24) is 14.9 Å². The molecule has 2 aromatic carbocycles. The third kappa shape index (κ3) is 3.05. The summed E-state index contributed by atoms with van der Waals surface area (Å²) in [5.41, 5.74) is 1.28. The summed E-state index contributed by atoms with van der Waals surface area (Å²) < 4.78 is 16.0. The lowest BCUT2D eigenvalue weighted by Crippen LogP contribution is -1.95. The van der Waals surface area contributed by atoms with Gasteiger partial charge in [0.25, 0.3) is 0 Å². The normalized spacial score (nSPS) is 11.1. The molecule has 1 heterocycles. The first-order chi connectivity index (χ1) is 10.2. The van der Waals surface area contributed by atoms with Crippen molar-refractivity contribution in [3.05, 3.63) is 70.7 Å². The van der Waals surface area contributed by atoms with Crippen LogP contribution in [-0.2, 0) is 0 Å². The lowest BCUT2D eigenvalue weighted by atomic mass is 10.2. The molecule has 6 heteroatoms. The third-order valence-electron chi connectivity index (χ3n) is 2.84. The molecule has 0 bridgehead atoms. The van der Waals surface area contributed by atoms with Gasteiger partial charge in [-0.3, -0.25) is 0 Å². The van der Waals surface area contributed by atoms with Crippen LogP contribution in [-0.4, -0.2) is 21.1 Å². The molecule has 0 saturated carbocycles. The van der Waals surface area contributed by atoms with E-state index in [9.17, 15) is 4.39 Å². The third-order valence-corrected chi connectivity index (χ3v) is 3.33. The second-order valence-electron chi connectivity index (χ2n) is 4.28. The SMILES string of the molecule is Fc1ccc(Br)cc1/C=N\n1cnnc1-c1ccccc1. The van der Waals surface area contributed by atoms with E-state index in [0.717, 1.165) is 10.0 Å². The molecule has 21 heavy (non-hydrogen) atoms. The van der Waals surface area contributed by atoms with Gasteiger partial charge in [0.05, 0.1) is 6.21 Å². The highest BCUT2D eigenvalue weighted by molar-refractivity contribution is 9.10. The molecule has 0 atom stereocenters. The molecule has 104 valence electrons. The molecule has 1 aromatic heterocycles. The van der Waals surface area contributed by atoms with Crippen LogP contribution in [0.3, 0.4) is 0 Å². The monoisotopic (exact) mass is 344 g/mol. The Morgan fingerprint density at radius 3 is 2.76 bits per heavy atom. The summed E-state index contributed by atoms with van der Waals surface area (Å²) in [5, 5.41) is 12.1. The van der Waals surface area contributed by atoms with Crippen LogP contribution in [0.1, 0.15) is 5.56 Å². The van der Waals surface area contributed by atoms with Crippen molar-refractivity contribution in [3.8, 4) is 11.4 Å². The van der Waals surface area contributed by atoms with E-state index in [2.05, 4.69) is 31.2 Å². The van der Waals surface area contributed by atoms with Crippen molar-refractivity contribution < 1.29 is 4.39 Å². The standard InChI is InChI=1S/C15H10BrFN4/c16-13-6-7-14(17)12(8-13)9-19-21-10-18-20-15(21)11-4-2-1-3-5-11/h1-10H/b19-9-. The fourth-order valence-corrected chi connectivity index (χ4v) is 2.21. The second kappa shape index (κ2) is 5.97. The quantitative estimate of drug-likeness (QED) is 0.679. The largest absolute Gasteiger partial charge is 0.206 e. The van der Waals surface area contributed by atoms with Crippen molar-refractivity contribution in [2.24, 2.45) is 5.10 Å². The zero-order valence-corrected chi connectivity index (χ0v) is 12.4. The van der Waals surface area contributed by atoms with Gasteiger partial charge in [-0.25, -0.2) is 4.39 Å². The van der Waals surface area contributed by atoms with Gasteiger partial charge in [-0.05, 0) is 18.2 Å². The molecule has 0 N–H and O–H groups in total. The smallest absolute Gasteiger partial charge is 0.184 e. The van der Waals surface area contributed by atoms with Crippen molar-refractivity contribution in [3.63, 3.8) is 0 Å². The minimum Gasteiger partial charge on any atom is -0.206 e. The number of halogens is 2. The number of benzene rings is 2. The first kappa shape index (κ1) is 13.6. The number of nitrogens with zero attached hydrogens (tertiary/aromatic N) is 4. The number of aromatic nitrogens is 3. The average Bonchev–Trinajstić information content (AvgIpc) is 2.97. The van der Waals surface area contributed by atoms with Gasteiger partial charge in [0.15, 0.2) is 5.82 Å². The summed E-state index contributed by atoms with van der Waals surface area (Å²) in [6.07, 6.45) is 2.92. The summed E-state index contributed by atoms with van der Waals surface area (Å²) in [7, 11) is 0.